The van der Waals surface area contributed by atoms with E-state index >= 15 is 0 Å². The summed E-state index contributed by atoms with van der Waals surface area (Å²) in [5.74, 6) is 0. The molecular formula is C17H29NO. The van der Waals surface area contributed by atoms with Crippen molar-refractivity contribution in [1.82, 2.24) is 0 Å². The number of rotatable bonds is 3. The van der Waals surface area contributed by atoms with Crippen LogP contribution in [0.3, 0.4) is 0 Å². The van der Waals surface area contributed by atoms with E-state index in [1.807, 2.05) is 6.07 Å². The van der Waals surface area contributed by atoms with Gasteiger partial charge in [-0.05, 0) is 49.8 Å². The minimum atomic E-state index is 0.0906. The van der Waals surface area contributed by atoms with Crippen LogP contribution < -0.4 is 4.90 Å². The van der Waals surface area contributed by atoms with Crippen LogP contribution in [0.1, 0.15) is 52.7 Å². The highest BCUT2D eigenvalue weighted by molar-refractivity contribution is 5.56. The largest absolute Gasteiger partial charge is 0.392 e. The van der Waals surface area contributed by atoms with E-state index in [2.05, 4.69) is 65.6 Å². The maximum Gasteiger partial charge on any atom is 0.0681 e. The maximum absolute atomic E-state index is 9.34. The normalized spacial score (nSPS) is 12.6. The summed E-state index contributed by atoms with van der Waals surface area (Å²) in [6, 6.07) is 6.30. The number of aliphatic hydroxyl groups is 1. The van der Waals surface area contributed by atoms with Gasteiger partial charge in [0.05, 0.1) is 6.61 Å². The molecule has 0 amide bonds. The quantitative estimate of drug-likeness (QED) is 0.891. The first kappa shape index (κ1) is 16.0. The van der Waals surface area contributed by atoms with Crippen LogP contribution in [-0.4, -0.2) is 17.7 Å². The van der Waals surface area contributed by atoms with E-state index in [9.17, 15) is 5.11 Å². The van der Waals surface area contributed by atoms with E-state index in [0.29, 0.717) is 0 Å². The van der Waals surface area contributed by atoms with Gasteiger partial charge < -0.3 is 10.0 Å². The number of hydrogen-bond acceptors (Lipinski definition) is 2. The van der Waals surface area contributed by atoms with Crippen molar-refractivity contribution in [2.45, 2.75) is 60.1 Å². The Balaban J connectivity index is 3.23. The van der Waals surface area contributed by atoms with Crippen molar-refractivity contribution in [3.8, 4) is 0 Å². The van der Waals surface area contributed by atoms with Gasteiger partial charge in [-0.25, -0.2) is 0 Å². The van der Waals surface area contributed by atoms with Gasteiger partial charge in [-0.1, -0.05) is 32.9 Å². The molecule has 0 fully saturated rings. The van der Waals surface area contributed by atoms with E-state index in [4.69, 9.17) is 0 Å². The van der Waals surface area contributed by atoms with E-state index < -0.39 is 0 Å². The van der Waals surface area contributed by atoms with Crippen molar-refractivity contribution in [2.75, 3.05) is 11.9 Å². The second kappa shape index (κ2) is 5.54. The van der Waals surface area contributed by atoms with Gasteiger partial charge in [-0.2, -0.15) is 0 Å². The lowest BCUT2D eigenvalue weighted by molar-refractivity contribution is 0.281. The van der Waals surface area contributed by atoms with Crippen molar-refractivity contribution >= 4 is 5.69 Å². The first-order valence-corrected chi connectivity index (χ1v) is 7.01. The van der Waals surface area contributed by atoms with E-state index in [-0.39, 0.29) is 17.6 Å². The summed E-state index contributed by atoms with van der Waals surface area (Å²) >= 11 is 0. The van der Waals surface area contributed by atoms with Crippen molar-refractivity contribution in [1.29, 1.82) is 0 Å². The van der Waals surface area contributed by atoms with Gasteiger partial charge in [0, 0.05) is 18.3 Å². The lowest BCUT2D eigenvalue weighted by Gasteiger charge is -2.36. The van der Waals surface area contributed by atoms with E-state index in [0.717, 1.165) is 12.0 Å². The molecule has 0 aliphatic carbocycles. The Morgan fingerprint density at radius 3 is 2.05 bits per heavy atom. The SMILES string of the molecule is CN(c1ccc(CO)cc1CC(C)(C)C)C(C)(C)C. The molecule has 0 aliphatic heterocycles. The molecule has 0 saturated heterocycles. The van der Waals surface area contributed by atoms with Gasteiger partial charge in [-0.15, -0.1) is 0 Å². The Morgan fingerprint density at radius 2 is 1.63 bits per heavy atom. The van der Waals surface area contributed by atoms with Crippen molar-refractivity contribution in [3.05, 3.63) is 29.3 Å². The molecule has 19 heavy (non-hydrogen) atoms. The molecule has 0 spiro atoms. The first-order valence-electron chi connectivity index (χ1n) is 7.01. The average molecular weight is 263 g/mol. The van der Waals surface area contributed by atoms with Crippen LogP contribution in [0.15, 0.2) is 18.2 Å². The molecule has 1 N–H and O–H groups in total. The highest BCUT2D eigenvalue weighted by atomic mass is 16.3. The zero-order chi connectivity index (χ0) is 14.8. The fourth-order valence-electron chi connectivity index (χ4n) is 2.14. The minimum Gasteiger partial charge on any atom is -0.392 e. The molecule has 2 heteroatoms. The molecular weight excluding hydrogens is 234 g/mol. The van der Waals surface area contributed by atoms with Crippen molar-refractivity contribution < 1.29 is 5.11 Å². The van der Waals surface area contributed by atoms with Gasteiger partial charge in [-0.3, -0.25) is 0 Å². The summed E-state index contributed by atoms with van der Waals surface area (Å²) in [7, 11) is 2.14. The number of anilines is 1. The lowest BCUT2D eigenvalue weighted by Crippen LogP contribution is -2.38. The van der Waals surface area contributed by atoms with E-state index in [1.165, 1.54) is 11.3 Å². The molecule has 0 unspecified atom stereocenters. The fourth-order valence-corrected chi connectivity index (χ4v) is 2.14. The smallest absolute Gasteiger partial charge is 0.0681 e. The summed E-state index contributed by atoms with van der Waals surface area (Å²) in [4.78, 5) is 2.31. The third-order valence-electron chi connectivity index (χ3n) is 3.41. The maximum atomic E-state index is 9.34. The molecule has 0 atom stereocenters. The molecule has 1 aromatic carbocycles. The third-order valence-corrected chi connectivity index (χ3v) is 3.41. The van der Waals surface area contributed by atoms with Gasteiger partial charge >= 0.3 is 0 Å². The summed E-state index contributed by atoms with van der Waals surface area (Å²) in [6.07, 6.45) is 1.01. The van der Waals surface area contributed by atoms with Gasteiger partial charge in [0.2, 0.25) is 0 Å². The molecule has 0 saturated carbocycles. The molecule has 2 nitrogen and oxygen atoms in total. The second-order valence-electron chi connectivity index (χ2n) is 7.59. The Bertz CT molecular complexity index is 424. The first-order chi connectivity index (χ1) is 8.54. The monoisotopic (exact) mass is 263 g/mol. The summed E-state index contributed by atoms with van der Waals surface area (Å²) in [5, 5.41) is 9.34. The van der Waals surface area contributed by atoms with Gasteiger partial charge in [0.15, 0.2) is 0 Å². The highest BCUT2D eigenvalue weighted by Crippen LogP contribution is 2.31. The van der Waals surface area contributed by atoms with Gasteiger partial charge in [0.1, 0.15) is 0 Å². The van der Waals surface area contributed by atoms with Crippen LogP contribution in [0, 0.1) is 5.41 Å². The average Bonchev–Trinajstić information content (AvgIpc) is 2.24. The summed E-state index contributed by atoms with van der Waals surface area (Å²) in [6.45, 7) is 13.5. The molecule has 0 heterocycles. The molecule has 0 radical (unpaired) electrons. The second-order valence-corrected chi connectivity index (χ2v) is 7.59. The Labute approximate surface area is 118 Å². The standard InChI is InChI=1S/C17H29NO/c1-16(2,3)11-14-10-13(12-19)8-9-15(14)18(7)17(4,5)6/h8-10,19H,11-12H2,1-7H3. The summed E-state index contributed by atoms with van der Waals surface area (Å²) in [5.41, 5.74) is 3.90. The molecule has 108 valence electrons. The minimum absolute atomic E-state index is 0.0906. The molecule has 1 aromatic rings. The number of nitrogens with zero attached hydrogens (tertiary/aromatic N) is 1. The van der Waals surface area contributed by atoms with Crippen LogP contribution >= 0.6 is 0 Å². The van der Waals surface area contributed by atoms with Gasteiger partial charge in [0.25, 0.3) is 0 Å². The molecule has 0 bridgehead atoms. The lowest BCUT2D eigenvalue weighted by atomic mass is 9.86. The zero-order valence-corrected chi connectivity index (χ0v) is 13.5. The zero-order valence-electron chi connectivity index (χ0n) is 13.5. The predicted octanol–water partition coefficient (Wildman–Crippen LogP) is 4.00. The third kappa shape index (κ3) is 4.54. The topological polar surface area (TPSA) is 23.5 Å². The van der Waals surface area contributed by atoms with Crippen LogP contribution in [-0.2, 0) is 13.0 Å². The Kier molecular flexibility index (Phi) is 4.67. The Morgan fingerprint density at radius 1 is 1.05 bits per heavy atom. The van der Waals surface area contributed by atoms with E-state index in [1.54, 1.807) is 0 Å². The summed E-state index contributed by atoms with van der Waals surface area (Å²) < 4.78 is 0. The molecule has 0 aliphatic rings. The van der Waals surface area contributed by atoms with Crippen LogP contribution in [0.5, 0.6) is 0 Å². The number of aliphatic hydroxyl groups excluding tert-OH is 1. The van der Waals surface area contributed by atoms with Crippen LogP contribution in [0.2, 0.25) is 0 Å². The van der Waals surface area contributed by atoms with Crippen molar-refractivity contribution in [2.24, 2.45) is 5.41 Å². The number of hydrogen-bond donors (Lipinski definition) is 1. The predicted molar refractivity (Wildman–Crippen MR) is 83.7 cm³/mol. The Hall–Kier alpha value is -1.02. The van der Waals surface area contributed by atoms with Crippen LogP contribution in [0.25, 0.3) is 0 Å². The highest BCUT2D eigenvalue weighted by Gasteiger charge is 2.22. The van der Waals surface area contributed by atoms with Crippen LogP contribution in [0.4, 0.5) is 5.69 Å². The number of benzene rings is 1. The van der Waals surface area contributed by atoms with Crippen molar-refractivity contribution in [3.63, 3.8) is 0 Å². The molecule has 1 rings (SSSR count). The fraction of sp³-hybridized carbons (Fsp3) is 0.647. The molecule has 0 aromatic heterocycles.